The van der Waals surface area contributed by atoms with Crippen LogP contribution in [0.3, 0.4) is 0 Å². The SMILES string of the molecule is CC(C)(C)c1cc2n(n1)[C@@H](C(F)F)C[C@@H](C1CCN(C(=O)Cc3ccc(F)cc3)CC1)N2. The lowest BCUT2D eigenvalue weighted by Gasteiger charge is -2.40. The molecule has 1 saturated heterocycles. The highest BCUT2D eigenvalue weighted by Crippen LogP contribution is 2.38. The van der Waals surface area contributed by atoms with Crippen LogP contribution in [0.2, 0.25) is 0 Å². The maximum absolute atomic E-state index is 13.9. The number of hydrogen-bond acceptors (Lipinski definition) is 3. The molecule has 0 saturated carbocycles. The Balaban J connectivity index is 1.39. The summed E-state index contributed by atoms with van der Waals surface area (Å²) >= 11 is 0. The number of aromatic nitrogens is 2. The van der Waals surface area contributed by atoms with Crippen LogP contribution < -0.4 is 5.32 Å². The molecule has 1 amide bonds. The fourth-order valence-electron chi connectivity index (χ4n) is 4.69. The maximum atomic E-state index is 13.9. The van der Waals surface area contributed by atoms with E-state index in [-0.39, 0.29) is 35.5 Å². The van der Waals surface area contributed by atoms with E-state index < -0.39 is 12.5 Å². The number of carbonyl (C=O) groups excluding carboxylic acids is 1. The van der Waals surface area contributed by atoms with Crippen LogP contribution in [0, 0.1) is 11.7 Å². The molecule has 2 atom stereocenters. The van der Waals surface area contributed by atoms with E-state index in [2.05, 4.69) is 10.4 Å². The van der Waals surface area contributed by atoms with Gasteiger partial charge in [0.2, 0.25) is 5.91 Å². The minimum Gasteiger partial charge on any atom is -0.367 e. The monoisotopic (exact) mass is 448 g/mol. The molecule has 0 unspecified atom stereocenters. The Morgan fingerprint density at radius 1 is 1.19 bits per heavy atom. The molecule has 3 heterocycles. The highest BCUT2D eigenvalue weighted by molar-refractivity contribution is 5.78. The number of piperidine rings is 1. The first-order valence-electron chi connectivity index (χ1n) is 11.3. The Labute approximate surface area is 187 Å². The molecule has 0 spiro atoms. The quantitative estimate of drug-likeness (QED) is 0.732. The van der Waals surface area contributed by atoms with Crippen LogP contribution >= 0.6 is 0 Å². The molecule has 32 heavy (non-hydrogen) atoms. The molecule has 1 aromatic carbocycles. The summed E-state index contributed by atoms with van der Waals surface area (Å²) in [5, 5.41) is 7.94. The molecule has 2 aromatic rings. The van der Waals surface area contributed by atoms with Gasteiger partial charge in [-0.3, -0.25) is 4.79 Å². The van der Waals surface area contributed by atoms with E-state index in [0.717, 1.165) is 24.1 Å². The van der Waals surface area contributed by atoms with E-state index in [0.29, 0.717) is 25.3 Å². The molecule has 0 radical (unpaired) electrons. The summed E-state index contributed by atoms with van der Waals surface area (Å²) in [7, 11) is 0. The third kappa shape index (κ3) is 4.79. The molecule has 174 valence electrons. The minimum absolute atomic E-state index is 0.0185. The van der Waals surface area contributed by atoms with Crippen molar-refractivity contribution in [2.45, 2.75) is 70.4 Å². The van der Waals surface area contributed by atoms with E-state index in [1.165, 1.54) is 16.8 Å². The summed E-state index contributed by atoms with van der Waals surface area (Å²) in [5.41, 5.74) is 1.37. The Morgan fingerprint density at radius 2 is 1.84 bits per heavy atom. The van der Waals surface area contributed by atoms with Gasteiger partial charge >= 0.3 is 0 Å². The van der Waals surface area contributed by atoms with Crippen LogP contribution in [0.5, 0.6) is 0 Å². The van der Waals surface area contributed by atoms with Crippen molar-refractivity contribution >= 4 is 11.7 Å². The standard InChI is InChI=1S/C24H31F3N4O/c1-24(2,3)20-14-21-28-18(13-19(23(26)27)31(21)29-20)16-8-10-30(11-9-16)22(32)12-15-4-6-17(25)7-5-15/h4-7,14,16,18-19,23,28H,8-13H2,1-3H3/t18-,19+/m0/s1. The van der Waals surface area contributed by atoms with Gasteiger partial charge in [0.1, 0.15) is 17.7 Å². The summed E-state index contributed by atoms with van der Waals surface area (Å²) in [4.78, 5) is 14.5. The topological polar surface area (TPSA) is 50.2 Å². The van der Waals surface area contributed by atoms with Crippen LogP contribution in [0.4, 0.5) is 19.0 Å². The van der Waals surface area contributed by atoms with Crippen LogP contribution in [0.1, 0.15) is 57.3 Å². The van der Waals surface area contributed by atoms with E-state index in [4.69, 9.17) is 0 Å². The number of hydrogen-bond donors (Lipinski definition) is 1. The minimum atomic E-state index is -2.48. The average molecular weight is 449 g/mol. The van der Waals surface area contributed by atoms with E-state index >= 15 is 0 Å². The Hall–Kier alpha value is -2.51. The van der Waals surface area contributed by atoms with Crippen molar-refractivity contribution in [3.8, 4) is 0 Å². The summed E-state index contributed by atoms with van der Waals surface area (Å²) in [6.45, 7) is 7.28. The molecule has 8 heteroatoms. The van der Waals surface area contributed by atoms with Crippen molar-refractivity contribution in [2.24, 2.45) is 5.92 Å². The van der Waals surface area contributed by atoms with Crippen LogP contribution in [-0.2, 0) is 16.6 Å². The zero-order valence-corrected chi connectivity index (χ0v) is 18.8. The first kappa shape index (κ1) is 22.7. The highest BCUT2D eigenvalue weighted by atomic mass is 19.3. The predicted octanol–water partition coefficient (Wildman–Crippen LogP) is 4.79. The molecule has 1 aromatic heterocycles. The average Bonchev–Trinajstić information content (AvgIpc) is 3.19. The van der Waals surface area contributed by atoms with Gasteiger partial charge in [0.05, 0.1) is 12.1 Å². The summed E-state index contributed by atoms with van der Waals surface area (Å²) in [5.74, 6) is 0.573. The first-order chi connectivity index (χ1) is 15.1. The molecule has 0 aliphatic carbocycles. The molecule has 1 fully saturated rings. The van der Waals surface area contributed by atoms with Crippen molar-refractivity contribution in [3.63, 3.8) is 0 Å². The van der Waals surface area contributed by atoms with Crippen molar-refractivity contribution in [1.29, 1.82) is 0 Å². The highest BCUT2D eigenvalue weighted by Gasteiger charge is 2.39. The normalized spacial score (nSPS) is 22.0. The number of anilines is 1. The lowest BCUT2D eigenvalue weighted by Crippen LogP contribution is -2.46. The second kappa shape index (κ2) is 8.79. The fraction of sp³-hybridized carbons (Fsp3) is 0.583. The number of alkyl halides is 2. The molecular formula is C24H31F3N4O. The molecule has 2 aliphatic rings. The van der Waals surface area contributed by atoms with Crippen molar-refractivity contribution in [2.75, 3.05) is 18.4 Å². The van der Waals surface area contributed by atoms with Gasteiger partial charge in [-0.2, -0.15) is 5.10 Å². The summed E-state index contributed by atoms with van der Waals surface area (Å²) in [6, 6.07) is 6.86. The molecule has 5 nitrogen and oxygen atoms in total. The van der Waals surface area contributed by atoms with Gasteiger partial charge < -0.3 is 10.2 Å². The largest absolute Gasteiger partial charge is 0.367 e. The zero-order valence-electron chi connectivity index (χ0n) is 18.8. The molecule has 0 bridgehead atoms. The van der Waals surface area contributed by atoms with Gasteiger partial charge in [-0.05, 0) is 42.9 Å². The van der Waals surface area contributed by atoms with Crippen LogP contribution in [0.25, 0.3) is 0 Å². The Bertz CT molecular complexity index is 943. The van der Waals surface area contributed by atoms with Crippen molar-refractivity contribution in [1.82, 2.24) is 14.7 Å². The number of amides is 1. The zero-order chi connectivity index (χ0) is 23.0. The van der Waals surface area contributed by atoms with Gasteiger partial charge in [0, 0.05) is 30.6 Å². The van der Waals surface area contributed by atoms with Crippen molar-refractivity contribution < 1.29 is 18.0 Å². The third-order valence-corrected chi connectivity index (χ3v) is 6.67. The first-order valence-corrected chi connectivity index (χ1v) is 11.3. The van der Waals surface area contributed by atoms with Gasteiger partial charge in [-0.15, -0.1) is 0 Å². The second-order valence-electron chi connectivity index (χ2n) is 10.0. The number of carbonyl (C=O) groups is 1. The maximum Gasteiger partial charge on any atom is 0.260 e. The molecule has 1 N–H and O–H groups in total. The van der Waals surface area contributed by atoms with E-state index in [1.807, 2.05) is 31.7 Å². The van der Waals surface area contributed by atoms with Gasteiger partial charge in [-0.1, -0.05) is 32.9 Å². The Kier molecular flexibility index (Phi) is 6.23. The number of likely N-dealkylation sites (tertiary alicyclic amines) is 1. The predicted molar refractivity (Wildman–Crippen MR) is 117 cm³/mol. The molecule has 4 rings (SSSR count). The van der Waals surface area contributed by atoms with Gasteiger partial charge in [0.15, 0.2) is 0 Å². The lowest BCUT2D eigenvalue weighted by molar-refractivity contribution is -0.131. The number of nitrogens with one attached hydrogen (secondary N) is 1. The number of halogens is 3. The van der Waals surface area contributed by atoms with Crippen LogP contribution in [-0.4, -0.2) is 46.1 Å². The fourth-order valence-corrected chi connectivity index (χ4v) is 4.69. The van der Waals surface area contributed by atoms with Gasteiger partial charge in [-0.25, -0.2) is 17.9 Å². The summed E-state index contributed by atoms with van der Waals surface area (Å²) < 4.78 is 42.3. The van der Waals surface area contributed by atoms with E-state index in [9.17, 15) is 18.0 Å². The molecular weight excluding hydrogens is 417 g/mol. The summed E-state index contributed by atoms with van der Waals surface area (Å²) in [6.07, 6.45) is -0.381. The Morgan fingerprint density at radius 3 is 2.44 bits per heavy atom. The third-order valence-electron chi connectivity index (χ3n) is 6.67. The van der Waals surface area contributed by atoms with Crippen molar-refractivity contribution in [3.05, 3.63) is 47.4 Å². The van der Waals surface area contributed by atoms with E-state index in [1.54, 1.807) is 12.1 Å². The van der Waals surface area contributed by atoms with Crippen LogP contribution in [0.15, 0.2) is 30.3 Å². The number of benzene rings is 1. The van der Waals surface area contributed by atoms with Gasteiger partial charge in [0.25, 0.3) is 6.43 Å². The molecule has 2 aliphatic heterocycles. The number of fused-ring (bicyclic) bond motifs is 1. The number of nitrogens with zero attached hydrogens (tertiary/aromatic N) is 3. The smallest absolute Gasteiger partial charge is 0.260 e. The lowest BCUT2D eigenvalue weighted by atomic mass is 9.84. The number of rotatable bonds is 4. The second-order valence-corrected chi connectivity index (χ2v) is 10.0.